The summed E-state index contributed by atoms with van der Waals surface area (Å²) in [5.74, 6) is 0.193. The quantitative estimate of drug-likeness (QED) is 0.149. The van der Waals surface area contributed by atoms with Crippen molar-refractivity contribution in [1.82, 2.24) is 20.7 Å². The molecule has 0 saturated carbocycles. The number of aromatic nitrogens is 1. The molecule has 0 aliphatic carbocycles. The van der Waals surface area contributed by atoms with Crippen LogP contribution >= 0.6 is 11.3 Å². The minimum absolute atomic E-state index is 0.0990. The fourth-order valence-corrected chi connectivity index (χ4v) is 6.76. The molecule has 0 spiro atoms. The van der Waals surface area contributed by atoms with Crippen LogP contribution in [0.25, 0.3) is 5.57 Å². The number of methoxy groups -OCH3 is 1. The molecule has 2 aliphatic heterocycles. The Morgan fingerprint density at radius 1 is 1.24 bits per heavy atom. The molecule has 0 radical (unpaired) electrons. The third-order valence-electron chi connectivity index (χ3n) is 8.30. The topological polar surface area (TPSA) is 105 Å². The van der Waals surface area contributed by atoms with Crippen molar-refractivity contribution >= 4 is 35.4 Å². The lowest BCUT2D eigenvalue weighted by atomic mass is 9.84. The molecule has 3 heterocycles. The van der Waals surface area contributed by atoms with Gasteiger partial charge in [0, 0.05) is 44.0 Å². The predicted octanol–water partition coefficient (Wildman–Crippen LogP) is 6.88. The van der Waals surface area contributed by atoms with Crippen molar-refractivity contribution in [2.24, 2.45) is 10.9 Å². The summed E-state index contributed by atoms with van der Waals surface area (Å²) in [5.41, 5.74) is 11.8. The number of thiazole rings is 1. The molecule has 1 saturated heterocycles. The Morgan fingerprint density at radius 2 is 2.00 bits per heavy atom. The Hall–Kier alpha value is -3.18. The van der Waals surface area contributed by atoms with Crippen LogP contribution in [0.2, 0.25) is 0 Å². The zero-order valence-electron chi connectivity index (χ0n) is 28.9. The minimum Gasteiger partial charge on any atom is -0.375 e. The normalized spacial score (nSPS) is 18.2. The molecule has 1 aromatic rings. The maximum Gasteiger partial charge on any atom is 0.262 e. The minimum atomic E-state index is -0.912. The van der Waals surface area contributed by atoms with Crippen LogP contribution < -0.4 is 10.7 Å². The number of allylic oxidation sites excluding steroid dienone is 8. The average molecular weight is 652 g/mol. The zero-order valence-corrected chi connectivity index (χ0v) is 29.8. The first kappa shape index (κ1) is 37.3. The molecule has 252 valence electrons. The van der Waals surface area contributed by atoms with Crippen molar-refractivity contribution < 1.29 is 19.1 Å². The van der Waals surface area contributed by atoms with Crippen LogP contribution in [0.3, 0.4) is 0 Å². The summed E-state index contributed by atoms with van der Waals surface area (Å²) >= 11 is 1.41. The Bertz CT molecular complexity index is 1380. The van der Waals surface area contributed by atoms with Gasteiger partial charge in [-0.3, -0.25) is 19.6 Å². The maximum absolute atomic E-state index is 13.5. The number of aliphatic imine (C=N–C) groups is 1. The molecule has 3 atom stereocenters. The van der Waals surface area contributed by atoms with Gasteiger partial charge in [-0.2, -0.15) is 0 Å². The molecular formula is C36H53N5O4S. The maximum atomic E-state index is 13.5. The summed E-state index contributed by atoms with van der Waals surface area (Å²) in [6.07, 6.45) is 10.3. The molecule has 3 unspecified atom stereocenters. The molecule has 9 nitrogen and oxygen atoms in total. The number of ether oxygens (including phenoxy) is 2. The van der Waals surface area contributed by atoms with E-state index in [1.165, 1.54) is 33.6 Å². The molecule has 3 rings (SSSR count). The Balaban J connectivity index is 2.09. The van der Waals surface area contributed by atoms with Gasteiger partial charge in [0.05, 0.1) is 17.5 Å². The van der Waals surface area contributed by atoms with Gasteiger partial charge >= 0.3 is 0 Å². The highest BCUT2D eigenvalue weighted by molar-refractivity contribution is 7.09. The highest BCUT2D eigenvalue weighted by atomic mass is 32.1. The largest absolute Gasteiger partial charge is 0.375 e. The van der Waals surface area contributed by atoms with E-state index in [4.69, 9.17) is 19.5 Å². The van der Waals surface area contributed by atoms with Gasteiger partial charge in [-0.15, -0.1) is 11.3 Å². The monoisotopic (exact) mass is 651 g/mol. The molecule has 10 heteroatoms. The first-order chi connectivity index (χ1) is 22.1. The van der Waals surface area contributed by atoms with E-state index in [2.05, 4.69) is 58.0 Å². The van der Waals surface area contributed by atoms with E-state index in [1.54, 1.807) is 12.1 Å². The molecule has 1 fully saturated rings. The number of hydrogen-bond acceptors (Lipinski definition) is 8. The van der Waals surface area contributed by atoms with Gasteiger partial charge in [0.1, 0.15) is 17.2 Å². The average Bonchev–Trinajstić information content (AvgIpc) is 3.55. The van der Waals surface area contributed by atoms with E-state index in [0.717, 1.165) is 54.6 Å². The van der Waals surface area contributed by atoms with Crippen LogP contribution in [0, 0.1) is 5.92 Å². The lowest BCUT2D eigenvalue weighted by Gasteiger charge is -2.33. The Morgan fingerprint density at radius 3 is 2.59 bits per heavy atom. The SMILES string of the molecule is C=C/C(=C\C(=C(C)C)/C(CC(C)C)=C(\C)C1=C(C(C)OC)N=CCC1)c1csc(C(OCC)C(NC=O)C(=O)N2CCCCN2)n1. The number of rotatable bonds is 16. The van der Waals surface area contributed by atoms with Crippen LogP contribution in [0.15, 0.2) is 62.7 Å². The van der Waals surface area contributed by atoms with E-state index in [-0.39, 0.29) is 12.0 Å². The van der Waals surface area contributed by atoms with Crippen LogP contribution in [-0.4, -0.2) is 67.5 Å². The molecular weight excluding hydrogens is 598 g/mol. The third-order valence-corrected chi connectivity index (χ3v) is 9.21. The molecule has 0 aromatic carbocycles. The number of amides is 2. The predicted molar refractivity (Wildman–Crippen MR) is 188 cm³/mol. The van der Waals surface area contributed by atoms with Crippen LogP contribution in [-0.2, 0) is 19.1 Å². The molecule has 2 aliphatic rings. The van der Waals surface area contributed by atoms with Crippen molar-refractivity contribution in [2.45, 2.75) is 98.8 Å². The number of hydrogen-bond donors (Lipinski definition) is 2. The van der Waals surface area contributed by atoms with E-state index >= 15 is 0 Å². The highest BCUT2D eigenvalue weighted by Gasteiger charge is 2.36. The summed E-state index contributed by atoms with van der Waals surface area (Å²) in [6.45, 7) is 20.7. The summed E-state index contributed by atoms with van der Waals surface area (Å²) in [7, 11) is 1.73. The van der Waals surface area contributed by atoms with Crippen molar-refractivity contribution in [1.29, 1.82) is 0 Å². The Labute approximate surface area is 279 Å². The fourth-order valence-electron chi connectivity index (χ4n) is 5.85. The smallest absolute Gasteiger partial charge is 0.262 e. The van der Waals surface area contributed by atoms with Crippen LogP contribution in [0.4, 0.5) is 0 Å². The standard InChI is InChI=1S/C36H53N5O4S/c1-10-27(20-29(24(5)6)30(19-23(3)4)25(7)28-15-14-16-37-32(28)26(8)44-9)31-21-46-35(40-31)34(45-11-2)33(38-22-42)36(43)41-18-13-12-17-39-41/h10,16,20-23,26,33-34,39H,1,11-15,17-19H2,2-9H3,(H,38,42)/b27-20+,30-25+. The number of hydrazine groups is 1. The summed E-state index contributed by atoms with van der Waals surface area (Å²) in [6, 6.07) is -0.912. The molecule has 0 bridgehead atoms. The first-order valence-corrected chi connectivity index (χ1v) is 17.3. The van der Waals surface area contributed by atoms with Crippen molar-refractivity contribution in [3.8, 4) is 0 Å². The summed E-state index contributed by atoms with van der Waals surface area (Å²) < 4.78 is 11.8. The van der Waals surface area contributed by atoms with Gasteiger partial charge < -0.3 is 14.8 Å². The van der Waals surface area contributed by atoms with Crippen molar-refractivity contribution in [2.75, 3.05) is 26.8 Å². The number of carbonyl (C=O) groups excluding carboxylic acids is 2. The second-order valence-electron chi connectivity index (χ2n) is 12.3. The fraction of sp³-hybridized carbons (Fsp3) is 0.556. The lowest BCUT2D eigenvalue weighted by Crippen LogP contribution is -2.56. The van der Waals surface area contributed by atoms with Gasteiger partial charge in [-0.05, 0) is 101 Å². The molecule has 46 heavy (non-hydrogen) atoms. The Kier molecular flexibility index (Phi) is 14.8. The third kappa shape index (κ3) is 9.44. The highest BCUT2D eigenvalue weighted by Crippen LogP contribution is 2.37. The zero-order chi connectivity index (χ0) is 33.8. The van der Waals surface area contributed by atoms with Crippen molar-refractivity contribution in [3.05, 3.63) is 68.4 Å². The second-order valence-corrected chi connectivity index (χ2v) is 13.2. The van der Waals surface area contributed by atoms with E-state index in [1.807, 2.05) is 31.5 Å². The summed E-state index contributed by atoms with van der Waals surface area (Å²) in [4.78, 5) is 34.9. The summed E-state index contributed by atoms with van der Waals surface area (Å²) in [5, 5.41) is 6.88. The number of nitrogens with one attached hydrogen (secondary N) is 2. The van der Waals surface area contributed by atoms with Crippen molar-refractivity contribution in [3.63, 3.8) is 0 Å². The van der Waals surface area contributed by atoms with E-state index in [0.29, 0.717) is 37.0 Å². The van der Waals surface area contributed by atoms with Gasteiger partial charge in [-0.1, -0.05) is 32.1 Å². The first-order valence-electron chi connectivity index (χ1n) is 16.4. The van der Waals surface area contributed by atoms with Gasteiger partial charge in [0.25, 0.3) is 5.91 Å². The molecule has 2 N–H and O–H groups in total. The van der Waals surface area contributed by atoms with E-state index in [9.17, 15) is 9.59 Å². The van der Waals surface area contributed by atoms with Gasteiger partial charge in [-0.25, -0.2) is 10.4 Å². The molecule has 2 amide bonds. The van der Waals surface area contributed by atoms with Gasteiger partial charge in [0.15, 0.2) is 0 Å². The van der Waals surface area contributed by atoms with E-state index < -0.39 is 12.1 Å². The second kappa shape index (κ2) is 18.2. The number of carbonyl (C=O) groups is 2. The van der Waals surface area contributed by atoms with Gasteiger partial charge in [0.2, 0.25) is 6.41 Å². The number of nitrogens with zero attached hydrogens (tertiary/aromatic N) is 3. The van der Waals surface area contributed by atoms with Crippen LogP contribution in [0.5, 0.6) is 0 Å². The lowest BCUT2D eigenvalue weighted by molar-refractivity contribution is -0.143. The van der Waals surface area contributed by atoms with Crippen LogP contribution in [0.1, 0.15) is 97.4 Å². The molecule has 1 aromatic heterocycles.